The Labute approximate surface area is 132 Å². The molecule has 0 saturated carbocycles. The van der Waals surface area contributed by atoms with Gasteiger partial charge in [-0.05, 0) is 38.6 Å². The number of halogens is 1. The first-order valence-corrected chi connectivity index (χ1v) is 7.91. The zero-order valence-electron chi connectivity index (χ0n) is 13.1. The fourth-order valence-electron chi connectivity index (χ4n) is 2.04. The number of amides is 1. The summed E-state index contributed by atoms with van der Waals surface area (Å²) in [6.45, 7) is 10.4. The molecule has 1 amide bonds. The lowest BCUT2D eigenvalue weighted by Gasteiger charge is -2.19. The highest BCUT2D eigenvalue weighted by Crippen LogP contribution is 2.16. The monoisotopic (exact) mass is 312 g/mol. The molecule has 118 valence electrons. The van der Waals surface area contributed by atoms with Crippen molar-refractivity contribution < 1.29 is 4.79 Å². The summed E-state index contributed by atoms with van der Waals surface area (Å²) in [5.74, 6) is 0.431. The third-order valence-electron chi connectivity index (χ3n) is 3.12. The molecule has 0 aliphatic heterocycles. The number of carbonyl (C=O) groups is 1. The summed E-state index contributed by atoms with van der Waals surface area (Å²) in [6, 6.07) is 3.46. The van der Waals surface area contributed by atoms with Gasteiger partial charge >= 0.3 is 0 Å². The van der Waals surface area contributed by atoms with E-state index in [4.69, 9.17) is 11.6 Å². The zero-order valence-corrected chi connectivity index (χ0v) is 13.8. The van der Waals surface area contributed by atoms with Gasteiger partial charge in [0.15, 0.2) is 0 Å². The minimum Gasteiger partial charge on any atom is -0.370 e. The van der Waals surface area contributed by atoms with E-state index in [1.54, 1.807) is 12.1 Å². The highest BCUT2D eigenvalue weighted by atomic mass is 35.5. The molecule has 0 saturated heterocycles. The van der Waals surface area contributed by atoms with Crippen molar-refractivity contribution in [2.45, 2.75) is 27.2 Å². The Balaban J connectivity index is 2.57. The van der Waals surface area contributed by atoms with E-state index in [0.29, 0.717) is 17.4 Å². The summed E-state index contributed by atoms with van der Waals surface area (Å²) in [6.07, 6.45) is 1.11. The van der Waals surface area contributed by atoms with Crippen molar-refractivity contribution in [3.8, 4) is 0 Å². The van der Waals surface area contributed by atoms with Crippen LogP contribution < -0.4 is 10.6 Å². The molecule has 0 aromatic carbocycles. The Bertz CT molecular complexity index is 453. The molecule has 2 N–H and O–H groups in total. The molecular formula is C15H25ClN4O. The van der Waals surface area contributed by atoms with E-state index in [1.165, 1.54) is 0 Å². The number of nitrogens with zero attached hydrogens (tertiary/aromatic N) is 2. The van der Waals surface area contributed by atoms with Crippen LogP contribution in [0.1, 0.15) is 37.7 Å². The van der Waals surface area contributed by atoms with Gasteiger partial charge in [-0.2, -0.15) is 0 Å². The van der Waals surface area contributed by atoms with Crippen molar-refractivity contribution in [2.75, 3.05) is 38.0 Å². The Morgan fingerprint density at radius 2 is 2.05 bits per heavy atom. The Morgan fingerprint density at radius 1 is 1.29 bits per heavy atom. The second kappa shape index (κ2) is 9.58. The van der Waals surface area contributed by atoms with Crippen LogP contribution in [-0.4, -0.2) is 48.5 Å². The first-order valence-electron chi connectivity index (χ1n) is 7.53. The number of aromatic nitrogens is 1. The number of pyridine rings is 1. The first-order chi connectivity index (χ1) is 10.1. The lowest BCUT2D eigenvalue weighted by Crippen LogP contribution is -2.35. The van der Waals surface area contributed by atoms with Gasteiger partial charge < -0.3 is 15.5 Å². The number of rotatable bonds is 9. The predicted molar refractivity (Wildman–Crippen MR) is 88.1 cm³/mol. The van der Waals surface area contributed by atoms with Gasteiger partial charge in [0.25, 0.3) is 5.91 Å². The molecular weight excluding hydrogens is 288 g/mol. The fraction of sp³-hybridized carbons (Fsp3) is 0.600. The minimum atomic E-state index is -0.229. The number of anilines is 1. The Kier molecular flexibility index (Phi) is 8.08. The maximum absolute atomic E-state index is 12.1. The lowest BCUT2D eigenvalue weighted by molar-refractivity contribution is 0.0944. The normalized spacial score (nSPS) is 10.7. The second-order valence-corrected chi connectivity index (χ2v) is 5.15. The summed E-state index contributed by atoms with van der Waals surface area (Å²) < 4.78 is 0. The van der Waals surface area contributed by atoms with E-state index in [-0.39, 0.29) is 11.6 Å². The molecule has 0 aliphatic carbocycles. The van der Waals surface area contributed by atoms with Crippen LogP contribution in [0.4, 0.5) is 5.82 Å². The van der Waals surface area contributed by atoms with Crippen LogP contribution >= 0.6 is 11.6 Å². The van der Waals surface area contributed by atoms with Gasteiger partial charge in [0.05, 0.1) is 5.02 Å². The summed E-state index contributed by atoms with van der Waals surface area (Å²) in [5, 5.41) is 6.32. The Morgan fingerprint density at radius 3 is 2.67 bits per heavy atom. The summed E-state index contributed by atoms with van der Waals surface area (Å²) in [7, 11) is 0. The summed E-state index contributed by atoms with van der Waals surface area (Å²) in [5.41, 5.74) is 0.272. The minimum absolute atomic E-state index is 0.229. The van der Waals surface area contributed by atoms with Crippen molar-refractivity contribution in [1.82, 2.24) is 15.2 Å². The number of likely N-dealkylation sites (N-methyl/N-ethyl adjacent to an activating group) is 1. The topological polar surface area (TPSA) is 57.3 Å². The van der Waals surface area contributed by atoms with Gasteiger partial charge in [-0.25, -0.2) is 4.98 Å². The quantitative estimate of drug-likeness (QED) is 0.736. The third kappa shape index (κ3) is 5.89. The molecule has 1 heterocycles. The molecule has 0 spiro atoms. The van der Waals surface area contributed by atoms with Gasteiger partial charge in [-0.1, -0.05) is 25.4 Å². The highest BCUT2D eigenvalue weighted by Gasteiger charge is 2.13. The molecule has 0 atom stereocenters. The van der Waals surface area contributed by atoms with E-state index >= 15 is 0 Å². The van der Waals surface area contributed by atoms with Gasteiger partial charge in [0.1, 0.15) is 11.5 Å². The molecule has 0 bridgehead atoms. The number of hydrogen-bond donors (Lipinski definition) is 2. The molecule has 1 aromatic heterocycles. The van der Waals surface area contributed by atoms with Crippen LogP contribution in [0.5, 0.6) is 0 Å². The maximum atomic E-state index is 12.1. The average Bonchev–Trinajstić information content (AvgIpc) is 2.48. The zero-order chi connectivity index (χ0) is 15.7. The molecule has 1 rings (SSSR count). The van der Waals surface area contributed by atoms with Crippen LogP contribution in [0.3, 0.4) is 0 Å². The SMILES string of the molecule is CCCN(CC)CCNC(=O)c1nc(NCC)ccc1Cl. The second-order valence-electron chi connectivity index (χ2n) is 4.75. The largest absolute Gasteiger partial charge is 0.370 e. The smallest absolute Gasteiger partial charge is 0.271 e. The van der Waals surface area contributed by atoms with E-state index in [0.717, 1.165) is 32.6 Å². The van der Waals surface area contributed by atoms with Crippen molar-refractivity contribution in [2.24, 2.45) is 0 Å². The Hall–Kier alpha value is -1.33. The average molecular weight is 313 g/mol. The molecule has 5 nitrogen and oxygen atoms in total. The van der Waals surface area contributed by atoms with Crippen molar-refractivity contribution in [3.63, 3.8) is 0 Å². The van der Waals surface area contributed by atoms with Gasteiger partial charge in [0, 0.05) is 19.6 Å². The molecule has 21 heavy (non-hydrogen) atoms. The molecule has 0 unspecified atom stereocenters. The van der Waals surface area contributed by atoms with E-state index < -0.39 is 0 Å². The number of nitrogens with one attached hydrogen (secondary N) is 2. The highest BCUT2D eigenvalue weighted by molar-refractivity contribution is 6.33. The van der Waals surface area contributed by atoms with Crippen molar-refractivity contribution in [3.05, 3.63) is 22.8 Å². The molecule has 0 radical (unpaired) electrons. The van der Waals surface area contributed by atoms with E-state index in [9.17, 15) is 4.79 Å². The number of hydrogen-bond acceptors (Lipinski definition) is 4. The van der Waals surface area contributed by atoms with E-state index in [2.05, 4.69) is 34.4 Å². The third-order valence-corrected chi connectivity index (χ3v) is 3.42. The van der Waals surface area contributed by atoms with Gasteiger partial charge in [-0.3, -0.25) is 4.79 Å². The van der Waals surface area contributed by atoms with Crippen LogP contribution in [-0.2, 0) is 0 Å². The molecule has 0 fully saturated rings. The predicted octanol–water partition coefficient (Wildman–Crippen LogP) is 2.63. The van der Waals surface area contributed by atoms with Crippen molar-refractivity contribution in [1.29, 1.82) is 0 Å². The van der Waals surface area contributed by atoms with E-state index in [1.807, 2.05) is 6.92 Å². The maximum Gasteiger partial charge on any atom is 0.271 e. The molecule has 0 aliphatic rings. The fourth-order valence-corrected chi connectivity index (χ4v) is 2.23. The lowest BCUT2D eigenvalue weighted by atomic mass is 10.3. The summed E-state index contributed by atoms with van der Waals surface area (Å²) in [4.78, 5) is 18.7. The van der Waals surface area contributed by atoms with Crippen LogP contribution in [0.25, 0.3) is 0 Å². The van der Waals surface area contributed by atoms with Crippen LogP contribution in [0, 0.1) is 0 Å². The van der Waals surface area contributed by atoms with Gasteiger partial charge in [0.2, 0.25) is 0 Å². The van der Waals surface area contributed by atoms with Gasteiger partial charge in [-0.15, -0.1) is 0 Å². The summed E-state index contributed by atoms with van der Waals surface area (Å²) >= 11 is 6.05. The van der Waals surface area contributed by atoms with Crippen molar-refractivity contribution >= 4 is 23.3 Å². The van der Waals surface area contributed by atoms with Crippen LogP contribution in [0.2, 0.25) is 5.02 Å². The number of carbonyl (C=O) groups excluding carboxylic acids is 1. The first kappa shape index (κ1) is 17.7. The standard InChI is InChI=1S/C15H25ClN4O/c1-4-10-20(6-3)11-9-18-15(21)14-12(16)7-8-13(19-14)17-5-2/h7-8H,4-6,9-11H2,1-3H3,(H,17,19)(H,18,21). The molecule has 6 heteroatoms. The molecule has 1 aromatic rings. The van der Waals surface area contributed by atoms with Crippen LogP contribution in [0.15, 0.2) is 12.1 Å².